The molecule has 1 saturated carbocycles. The number of aryl methyl sites for hydroxylation is 1. The molecule has 2 aliphatic rings. The highest BCUT2D eigenvalue weighted by Crippen LogP contribution is 2.41. The molecule has 0 N–H and O–H groups in total. The highest BCUT2D eigenvalue weighted by atomic mass is 16.6. The van der Waals surface area contributed by atoms with Gasteiger partial charge in [-0.25, -0.2) is 9.80 Å². The molecule has 3 aromatic rings. The van der Waals surface area contributed by atoms with Gasteiger partial charge in [-0.05, 0) is 80.6 Å². The van der Waals surface area contributed by atoms with E-state index >= 15 is 0 Å². The molecule has 3 aromatic carbocycles. The Hall–Kier alpha value is -5.19. The second-order valence-electron chi connectivity index (χ2n) is 11.0. The first-order chi connectivity index (χ1) is 20.5. The zero-order chi connectivity index (χ0) is 30.8. The molecule has 1 aliphatic heterocycles. The lowest BCUT2D eigenvalue weighted by Gasteiger charge is -2.30. The first-order valence-corrected chi connectivity index (χ1v) is 13.9. The highest BCUT2D eigenvalue weighted by Gasteiger charge is 2.52. The fourth-order valence-corrected chi connectivity index (χ4v) is 5.51. The van der Waals surface area contributed by atoms with E-state index in [1.165, 1.54) is 36.4 Å². The minimum atomic E-state index is -0.819. The summed E-state index contributed by atoms with van der Waals surface area (Å²) in [5.41, 5.74) is 1.24. The number of amides is 3. The lowest BCUT2D eigenvalue weighted by Crippen LogP contribution is -2.52. The number of non-ortho nitro benzene ring substituents is 1. The molecule has 1 heterocycles. The molecule has 11 heteroatoms. The molecule has 0 bridgehead atoms. The molecular formula is C32H29N3O8. The van der Waals surface area contributed by atoms with E-state index in [1.807, 2.05) is 13.8 Å². The van der Waals surface area contributed by atoms with E-state index in [0.717, 1.165) is 34.1 Å². The first-order valence-electron chi connectivity index (χ1n) is 13.9. The molecule has 1 aliphatic carbocycles. The van der Waals surface area contributed by atoms with Crippen LogP contribution in [0.4, 0.5) is 5.69 Å². The van der Waals surface area contributed by atoms with Crippen LogP contribution in [0.25, 0.3) is 0 Å². The molecule has 0 aromatic heterocycles. The van der Waals surface area contributed by atoms with E-state index < -0.39 is 52.8 Å². The van der Waals surface area contributed by atoms with Crippen molar-refractivity contribution in [1.29, 1.82) is 0 Å². The Kier molecular flexibility index (Phi) is 8.16. The number of nitro groups is 1. The standard InChI is InChI=1S/C32H29N3O8/c1-19-3-6-23(7-4-19)32(40)43-25-14-10-21(11-15-25)28(36)18-33(29(37)22-8-12-24(13-9-22)35(41)42)34-30(38)26-16-5-20(2)17-27(26)31(34)39/h3-4,6-15,20,26-27H,5,16-18H2,1-2H3/t20-,26+,27-/m0/s1. The third-order valence-corrected chi connectivity index (χ3v) is 7.93. The van der Waals surface area contributed by atoms with E-state index in [2.05, 4.69) is 0 Å². The van der Waals surface area contributed by atoms with Gasteiger partial charge in [0.05, 0.1) is 22.3 Å². The van der Waals surface area contributed by atoms with E-state index in [4.69, 9.17) is 4.74 Å². The van der Waals surface area contributed by atoms with Gasteiger partial charge in [0.2, 0.25) is 0 Å². The summed E-state index contributed by atoms with van der Waals surface area (Å²) >= 11 is 0. The summed E-state index contributed by atoms with van der Waals surface area (Å²) in [7, 11) is 0. The van der Waals surface area contributed by atoms with E-state index in [0.29, 0.717) is 18.4 Å². The Bertz CT molecular complexity index is 1600. The third-order valence-electron chi connectivity index (χ3n) is 7.93. The molecule has 0 unspecified atom stereocenters. The molecule has 43 heavy (non-hydrogen) atoms. The number of carbonyl (C=O) groups excluding carboxylic acids is 5. The number of hydrogen-bond donors (Lipinski definition) is 0. The van der Waals surface area contributed by atoms with Crippen LogP contribution in [0.3, 0.4) is 0 Å². The summed E-state index contributed by atoms with van der Waals surface area (Å²) in [6.45, 7) is 3.26. The van der Waals surface area contributed by atoms with Crippen LogP contribution in [0, 0.1) is 34.8 Å². The Morgan fingerprint density at radius 3 is 2.07 bits per heavy atom. The number of rotatable bonds is 8. The second kappa shape index (κ2) is 12.0. The number of nitro benzene ring substituents is 1. The van der Waals surface area contributed by atoms with Crippen LogP contribution in [0.1, 0.15) is 62.8 Å². The number of imide groups is 1. The van der Waals surface area contributed by atoms with Gasteiger partial charge in [0.15, 0.2) is 5.78 Å². The highest BCUT2D eigenvalue weighted by molar-refractivity contribution is 6.09. The average molecular weight is 584 g/mol. The van der Waals surface area contributed by atoms with Crippen LogP contribution < -0.4 is 4.74 Å². The minimum Gasteiger partial charge on any atom is -0.423 e. The number of ketones is 1. The molecule has 11 nitrogen and oxygen atoms in total. The Labute approximate surface area is 247 Å². The summed E-state index contributed by atoms with van der Waals surface area (Å²) in [6.07, 6.45) is 1.77. The SMILES string of the molecule is Cc1ccc(C(=O)Oc2ccc(C(=O)CN(C(=O)c3ccc([N+](=O)[O-])cc3)N3C(=O)[C@H]4C[C@@H](C)CC[C@H]4C3=O)cc2)cc1. The smallest absolute Gasteiger partial charge is 0.343 e. The van der Waals surface area contributed by atoms with Crippen molar-refractivity contribution < 1.29 is 33.6 Å². The van der Waals surface area contributed by atoms with Crippen molar-refractivity contribution in [1.82, 2.24) is 10.0 Å². The van der Waals surface area contributed by atoms with Gasteiger partial charge in [-0.2, -0.15) is 5.01 Å². The number of hydrogen-bond acceptors (Lipinski definition) is 8. The van der Waals surface area contributed by atoms with Crippen LogP contribution in [0.15, 0.2) is 72.8 Å². The summed E-state index contributed by atoms with van der Waals surface area (Å²) in [4.78, 5) is 76.9. The number of ether oxygens (including phenoxy) is 1. The molecule has 1 saturated heterocycles. The van der Waals surface area contributed by atoms with Crippen molar-refractivity contribution in [2.45, 2.75) is 33.1 Å². The summed E-state index contributed by atoms with van der Waals surface area (Å²) < 4.78 is 5.39. The van der Waals surface area contributed by atoms with Crippen molar-refractivity contribution in [3.8, 4) is 5.75 Å². The maximum atomic E-state index is 13.7. The first kappa shape index (κ1) is 29.3. The maximum absolute atomic E-state index is 13.7. The van der Waals surface area contributed by atoms with Gasteiger partial charge >= 0.3 is 5.97 Å². The second-order valence-corrected chi connectivity index (χ2v) is 11.0. The van der Waals surface area contributed by atoms with E-state index in [-0.39, 0.29) is 28.5 Å². The molecule has 0 radical (unpaired) electrons. The zero-order valence-electron chi connectivity index (χ0n) is 23.6. The van der Waals surface area contributed by atoms with Gasteiger partial charge < -0.3 is 4.74 Å². The molecule has 0 spiro atoms. The van der Waals surface area contributed by atoms with Crippen LogP contribution in [-0.2, 0) is 9.59 Å². The van der Waals surface area contributed by atoms with Crippen LogP contribution >= 0.6 is 0 Å². The monoisotopic (exact) mass is 583 g/mol. The Morgan fingerprint density at radius 2 is 1.44 bits per heavy atom. The molecule has 3 amide bonds. The summed E-state index contributed by atoms with van der Waals surface area (Å²) in [5.74, 6) is -3.77. The van der Waals surface area contributed by atoms with Crippen molar-refractivity contribution in [3.05, 3.63) is 105 Å². The lowest BCUT2D eigenvalue weighted by molar-refractivity contribution is -0.384. The Morgan fingerprint density at radius 1 is 0.860 bits per heavy atom. The van der Waals surface area contributed by atoms with Gasteiger partial charge in [-0.15, -0.1) is 0 Å². The van der Waals surface area contributed by atoms with Crippen molar-refractivity contribution >= 4 is 35.2 Å². The molecule has 220 valence electrons. The molecule has 3 atom stereocenters. The fraction of sp³-hybridized carbons (Fsp3) is 0.281. The van der Waals surface area contributed by atoms with Gasteiger partial charge in [0.1, 0.15) is 12.3 Å². The van der Waals surface area contributed by atoms with Crippen molar-refractivity contribution in [2.24, 2.45) is 17.8 Å². The number of hydrazine groups is 1. The van der Waals surface area contributed by atoms with Crippen LogP contribution in [0.2, 0.25) is 0 Å². The lowest BCUT2D eigenvalue weighted by atomic mass is 9.76. The van der Waals surface area contributed by atoms with Gasteiger partial charge in [-0.3, -0.25) is 29.3 Å². The predicted molar refractivity (Wildman–Crippen MR) is 153 cm³/mol. The van der Waals surface area contributed by atoms with Crippen molar-refractivity contribution in [2.75, 3.05) is 6.54 Å². The largest absolute Gasteiger partial charge is 0.423 e. The summed E-state index contributed by atoms with van der Waals surface area (Å²) in [6, 6.07) is 17.3. The average Bonchev–Trinajstić information content (AvgIpc) is 3.24. The van der Waals surface area contributed by atoms with Gasteiger partial charge in [0, 0.05) is 23.3 Å². The number of esters is 1. The van der Waals surface area contributed by atoms with Crippen LogP contribution in [0.5, 0.6) is 5.75 Å². The normalized spacial score (nSPS) is 19.5. The topological polar surface area (TPSA) is 144 Å². The van der Waals surface area contributed by atoms with E-state index in [1.54, 1.807) is 24.3 Å². The summed E-state index contributed by atoms with van der Waals surface area (Å²) in [5, 5.41) is 12.7. The van der Waals surface area contributed by atoms with Crippen LogP contribution in [-0.4, -0.2) is 51.0 Å². The minimum absolute atomic E-state index is 0.0272. The number of carbonyl (C=O) groups is 5. The number of Topliss-reactive ketones (excluding diaryl/α,β-unsaturated/α-hetero) is 1. The molecule has 2 fully saturated rings. The quantitative estimate of drug-likeness (QED) is 0.0920. The zero-order valence-corrected chi connectivity index (χ0v) is 23.6. The maximum Gasteiger partial charge on any atom is 0.343 e. The van der Waals surface area contributed by atoms with E-state index in [9.17, 15) is 34.1 Å². The Balaban J connectivity index is 1.38. The molecule has 5 rings (SSSR count). The number of fused-ring (bicyclic) bond motifs is 1. The number of benzene rings is 3. The fourth-order valence-electron chi connectivity index (χ4n) is 5.51. The van der Waals surface area contributed by atoms with Gasteiger partial charge in [0.25, 0.3) is 23.4 Å². The molecular weight excluding hydrogens is 554 g/mol. The van der Waals surface area contributed by atoms with Gasteiger partial charge in [-0.1, -0.05) is 24.6 Å². The van der Waals surface area contributed by atoms with Crippen molar-refractivity contribution in [3.63, 3.8) is 0 Å². The number of nitrogens with zero attached hydrogens (tertiary/aromatic N) is 3. The third kappa shape index (κ3) is 6.06. The predicted octanol–water partition coefficient (Wildman–Crippen LogP) is 4.78.